The van der Waals surface area contributed by atoms with Gasteiger partial charge in [-0.15, -0.1) is 0 Å². The summed E-state index contributed by atoms with van der Waals surface area (Å²) in [6.45, 7) is 3.58. The molecule has 15 heavy (non-hydrogen) atoms. The third-order valence-electron chi connectivity index (χ3n) is 1.97. The molecular formula is C10H22N2O3. The number of aliphatic hydroxyl groups is 1. The second kappa shape index (κ2) is 9.89. The smallest absolute Gasteiger partial charge is 0.233 e. The average molecular weight is 218 g/mol. The second-order valence-electron chi connectivity index (χ2n) is 3.40. The van der Waals surface area contributed by atoms with Crippen molar-refractivity contribution < 1.29 is 14.6 Å². The molecule has 5 nitrogen and oxygen atoms in total. The molecule has 0 aromatic heterocycles. The lowest BCUT2D eigenvalue weighted by Crippen LogP contribution is -2.41. The molecule has 1 atom stereocenters. The van der Waals surface area contributed by atoms with Crippen LogP contribution in [0.5, 0.6) is 0 Å². The fourth-order valence-electron chi connectivity index (χ4n) is 1.17. The summed E-state index contributed by atoms with van der Waals surface area (Å²) in [7, 11) is 1.60. The summed E-state index contributed by atoms with van der Waals surface area (Å²) in [4.78, 5) is 11.2. The summed E-state index contributed by atoms with van der Waals surface area (Å²) in [5.41, 5.74) is 0. The zero-order valence-corrected chi connectivity index (χ0v) is 9.58. The summed E-state index contributed by atoms with van der Waals surface area (Å²) in [6.07, 6.45) is 1.53. The van der Waals surface area contributed by atoms with Crippen molar-refractivity contribution in [1.82, 2.24) is 10.6 Å². The van der Waals surface area contributed by atoms with Gasteiger partial charge in [0.25, 0.3) is 0 Å². The van der Waals surface area contributed by atoms with Crippen molar-refractivity contribution in [1.29, 1.82) is 0 Å². The van der Waals surface area contributed by atoms with Gasteiger partial charge in [-0.25, -0.2) is 0 Å². The fraction of sp³-hybridized carbons (Fsp3) is 0.900. The molecule has 1 unspecified atom stereocenters. The van der Waals surface area contributed by atoms with E-state index in [1.807, 2.05) is 6.92 Å². The van der Waals surface area contributed by atoms with Crippen LogP contribution in [0.15, 0.2) is 0 Å². The zero-order valence-electron chi connectivity index (χ0n) is 9.58. The lowest BCUT2D eigenvalue weighted by molar-refractivity contribution is -0.120. The lowest BCUT2D eigenvalue weighted by Gasteiger charge is -2.16. The molecule has 0 aliphatic rings. The third kappa shape index (κ3) is 8.35. The standard InChI is InChI=1S/C10H22N2O3/c1-3-5-11-10(14)7-12-9(4-6-13)8-15-2/h9,12-13H,3-8H2,1-2H3,(H,11,14). The maximum Gasteiger partial charge on any atom is 0.233 e. The number of ether oxygens (including phenoxy) is 1. The third-order valence-corrected chi connectivity index (χ3v) is 1.97. The Morgan fingerprint density at radius 2 is 2.27 bits per heavy atom. The summed E-state index contributed by atoms with van der Waals surface area (Å²) in [6, 6.07) is 0.0346. The highest BCUT2D eigenvalue weighted by atomic mass is 16.5. The molecule has 3 N–H and O–H groups in total. The van der Waals surface area contributed by atoms with E-state index in [1.54, 1.807) is 7.11 Å². The Kier molecular flexibility index (Phi) is 9.46. The molecule has 0 saturated heterocycles. The van der Waals surface area contributed by atoms with Gasteiger partial charge in [-0.2, -0.15) is 0 Å². The van der Waals surface area contributed by atoms with Crippen molar-refractivity contribution >= 4 is 5.91 Å². The van der Waals surface area contributed by atoms with E-state index in [1.165, 1.54) is 0 Å². The number of aliphatic hydroxyl groups excluding tert-OH is 1. The van der Waals surface area contributed by atoms with E-state index >= 15 is 0 Å². The first-order valence-electron chi connectivity index (χ1n) is 5.34. The Labute approximate surface area is 91.2 Å². The molecule has 90 valence electrons. The molecule has 5 heteroatoms. The van der Waals surface area contributed by atoms with Crippen LogP contribution in [0, 0.1) is 0 Å². The van der Waals surface area contributed by atoms with Gasteiger partial charge < -0.3 is 20.5 Å². The van der Waals surface area contributed by atoms with Crippen LogP contribution in [0.3, 0.4) is 0 Å². The molecule has 0 radical (unpaired) electrons. The number of carbonyl (C=O) groups excluding carboxylic acids is 1. The molecule has 0 aliphatic carbocycles. The highest BCUT2D eigenvalue weighted by molar-refractivity contribution is 5.77. The predicted octanol–water partition coefficient (Wildman–Crippen LogP) is -0.500. The maximum atomic E-state index is 11.2. The molecule has 1 amide bonds. The largest absolute Gasteiger partial charge is 0.396 e. The van der Waals surface area contributed by atoms with E-state index in [4.69, 9.17) is 9.84 Å². The van der Waals surface area contributed by atoms with E-state index in [-0.39, 0.29) is 25.1 Å². The first-order chi connectivity index (χ1) is 7.24. The summed E-state index contributed by atoms with van der Waals surface area (Å²) < 4.78 is 4.96. The molecule has 0 rings (SSSR count). The maximum absolute atomic E-state index is 11.2. The van der Waals surface area contributed by atoms with Crippen LogP contribution in [0.4, 0.5) is 0 Å². The minimum Gasteiger partial charge on any atom is -0.396 e. The summed E-state index contributed by atoms with van der Waals surface area (Å²) >= 11 is 0. The fourth-order valence-corrected chi connectivity index (χ4v) is 1.17. The second-order valence-corrected chi connectivity index (χ2v) is 3.40. The quantitative estimate of drug-likeness (QED) is 0.488. The van der Waals surface area contributed by atoms with Gasteiger partial charge in [0.15, 0.2) is 0 Å². The van der Waals surface area contributed by atoms with Crippen LogP contribution in [0.25, 0.3) is 0 Å². The van der Waals surface area contributed by atoms with Crippen molar-refractivity contribution in [3.63, 3.8) is 0 Å². The Bertz CT molecular complexity index is 159. The molecule has 0 spiro atoms. The van der Waals surface area contributed by atoms with Crippen LogP contribution in [0.2, 0.25) is 0 Å². The zero-order chi connectivity index (χ0) is 11.5. The predicted molar refractivity (Wildman–Crippen MR) is 58.7 cm³/mol. The van der Waals surface area contributed by atoms with Crippen LogP contribution in [-0.2, 0) is 9.53 Å². The van der Waals surface area contributed by atoms with Gasteiger partial charge in [0.1, 0.15) is 0 Å². The van der Waals surface area contributed by atoms with E-state index in [2.05, 4.69) is 10.6 Å². The first-order valence-corrected chi connectivity index (χ1v) is 5.34. The summed E-state index contributed by atoms with van der Waals surface area (Å²) in [5.74, 6) is -0.0177. The SMILES string of the molecule is CCCNC(=O)CNC(CCO)COC. The molecule has 0 fully saturated rings. The normalized spacial score (nSPS) is 12.5. The van der Waals surface area contributed by atoms with Crippen molar-refractivity contribution in [2.45, 2.75) is 25.8 Å². The average Bonchev–Trinajstić information content (AvgIpc) is 2.23. The molecule has 0 saturated carbocycles. The van der Waals surface area contributed by atoms with Gasteiger partial charge in [-0.1, -0.05) is 6.92 Å². The lowest BCUT2D eigenvalue weighted by atomic mass is 10.2. The summed E-state index contributed by atoms with van der Waals surface area (Å²) in [5, 5.41) is 14.6. The molecule has 0 aromatic rings. The van der Waals surface area contributed by atoms with Crippen molar-refractivity contribution in [2.24, 2.45) is 0 Å². The van der Waals surface area contributed by atoms with Gasteiger partial charge in [0, 0.05) is 26.3 Å². The highest BCUT2D eigenvalue weighted by Gasteiger charge is 2.08. The minimum absolute atomic E-state index is 0.0177. The number of nitrogens with one attached hydrogen (secondary N) is 2. The van der Waals surface area contributed by atoms with E-state index in [9.17, 15) is 4.79 Å². The monoisotopic (exact) mass is 218 g/mol. The van der Waals surface area contributed by atoms with Gasteiger partial charge in [0.05, 0.1) is 13.2 Å². The number of hydrogen-bond donors (Lipinski definition) is 3. The Morgan fingerprint density at radius 1 is 1.53 bits per heavy atom. The Balaban J connectivity index is 3.62. The number of carbonyl (C=O) groups is 1. The van der Waals surface area contributed by atoms with E-state index in [0.717, 1.165) is 6.42 Å². The highest BCUT2D eigenvalue weighted by Crippen LogP contribution is 1.90. The number of hydrogen-bond acceptors (Lipinski definition) is 4. The number of methoxy groups -OCH3 is 1. The Hall–Kier alpha value is -0.650. The van der Waals surface area contributed by atoms with Crippen LogP contribution >= 0.6 is 0 Å². The van der Waals surface area contributed by atoms with Crippen molar-refractivity contribution in [3.05, 3.63) is 0 Å². The first kappa shape index (κ1) is 14.3. The number of amides is 1. The molecule has 0 heterocycles. The van der Waals surface area contributed by atoms with Gasteiger partial charge in [0.2, 0.25) is 5.91 Å². The molecular weight excluding hydrogens is 196 g/mol. The topological polar surface area (TPSA) is 70.6 Å². The Morgan fingerprint density at radius 3 is 2.80 bits per heavy atom. The van der Waals surface area contributed by atoms with E-state index < -0.39 is 0 Å². The van der Waals surface area contributed by atoms with Crippen LogP contribution < -0.4 is 10.6 Å². The van der Waals surface area contributed by atoms with Gasteiger partial charge in [-0.3, -0.25) is 4.79 Å². The van der Waals surface area contributed by atoms with Crippen molar-refractivity contribution in [2.75, 3.05) is 33.4 Å². The van der Waals surface area contributed by atoms with Crippen molar-refractivity contribution in [3.8, 4) is 0 Å². The van der Waals surface area contributed by atoms with Gasteiger partial charge >= 0.3 is 0 Å². The van der Waals surface area contributed by atoms with Gasteiger partial charge in [-0.05, 0) is 12.8 Å². The molecule has 0 bridgehead atoms. The minimum atomic E-state index is -0.0177. The van der Waals surface area contributed by atoms with Crippen LogP contribution in [0.1, 0.15) is 19.8 Å². The molecule has 0 aliphatic heterocycles. The molecule has 0 aromatic carbocycles. The van der Waals surface area contributed by atoms with E-state index in [0.29, 0.717) is 19.6 Å². The van der Waals surface area contributed by atoms with Crippen LogP contribution in [-0.4, -0.2) is 50.5 Å². The number of rotatable bonds is 9.